The third-order valence-electron chi connectivity index (χ3n) is 4.93. The highest BCUT2D eigenvalue weighted by Crippen LogP contribution is 2.26. The molecular weight excluding hydrogens is 403 g/mol. The lowest BCUT2D eigenvalue weighted by atomic mass is 10.1. The minimum Gasteiger partial charge on any atom is -0.306 e. The number of halogens is 4. The summed E-state index contributed by atoms with van der Waals surface area (Å²) in [5.41, 5.74) is 4.46. The Hall–Kier alpha value is -1.95. The van der Waals surface area contributed by atoms with E-state index in [1.165, 1.54) is 6.07 Å². The van der Waals surface area contributed by atoms with E-state index in [0.717, 1.165) is 28.6 Å². The van der Waals surface area contributed by atoms with Crippen molar-refractivity contribution in [3.63, 3.8) is 0 Å². The van der Waals surface area contributed by atoms with Gasteiger partial charge in [0.05, 0.1) is 12.2 Å². The van der Waals surface area contributed by atoms with Crippen molar-refractivity contribution in [3.05, 3.63) is 86.2 Å². The summed E-state index contributed by atoms with van der Waals surface area (Å²) in [6.07, 6.45) is 0. The average Bonchev–Trinajstić information content (AvgIpc) is 2.91. The van der Waals surface area contributed by atoms with Gasteiger partial charge in [0.25, 0.3) is 0 Å². The van der Waals surface area contributed by atoms with Crippen LogP contribution in [0.1, 0.15) is 41.0 Å². The van der Waals surface area contributed by atoms with Gasteiger partial charge in [-0.1, -0.05) is 35.3 Å². The van der Waals surface area contributed by atoms with Crippen LogP contribution in [-0.4, -0.2) is 9.78 Å². The van der Waals surface area contributed by atoms with Crippen molar-refractivity contribution < 1.29 is 8.78 Å². The molecule has 1 atom stereocenters. The first-order valence-electron chi connectivity index (χ1n) is 8.92. The summed E-state index contributed by atoms with van der Waals surface area (Å²) in [5.74, 6) is -1.69. The molecule has 28 heavy (non-hydrogen) atoms. The quantitative estimate of drug-likeness (QED) is 0.527. The summed E-state index contributed by atoms with van der Waals surface area (Å²) >= 11 is 12.6. The number of nitrogens with one attached hydrogen (secondary N) is 1. The molecular formula is C21H21Cl2F2N3. The van der Waals surface area contributed by atoms with Crippen molar-refractivity contribution in [2.45, 2.75) is 39.9 Å². The van der Waals surface area contributed by atoms with Gasteiger partial charge in [0.2, 0.25) is 0 Å². The van der Waals surface area contributed by atoms with E-state index >= 15 is 0 Å². The predicted molar refractivity (Wildman–Crippen MR) is 109 cm³/mol. The van der Waals surface area contributed by atoms with Crippen LogP contribution in [0, 0.1) is 25.5 Å². The highest BCUT2D eigenvalue weighted by molar-refractivity contribution is 6.35. The van der Waals surface area contributed by atoms with Gasteiger partial charge < -0.3 is 5.32 Å². The van der Waals surface area contributed by atoms with Crippen molar-refractivity contribution in [1.29, 1.82) is 0 Å². The topological polar surface area (TPSA) is 29.9 Å². The van der Waals surface area contributed by atoms with Crippen LogP contribution in [0.2, 0.25) is 10.0 Å². The third-order valence-corrected chi connectivity index (χ3v) is 5.64. The molecule has 0 amide bonds. The monoisotopic (exact) mass is 423 g/mol. The Morgan fingerprint density at radius 2 is 1.71 bits per heavy atom. The molecule has 0 aliphatic rings. The SMILES string of the molecule is Cc1nn(Cc2c(Cl)cccc2Cl)c(C)c1CN[C@H](C)c1ccc(F)c(F)c1. The minimum atomic E-state index is -0.845. The van der Waals surface area contributed by atoms with Gasteiger partial charge in [-0.05, 0) is 50.6 Å². The van der Waals surface area contributed by atoms with Gasteiger partial charge in [-0.15, -0.1) is 0 Å². The molecule has 2 aromatic carbocycles. The van der Waals surface area contributed by atoms with Gasteiger partial charge in [0.1, 0.15) is 0 Å². The normalized spacial score (nSPS) is 12.4. The van der Waals surface area contributed by atoms with Gasteiger partial charge in [-0.2, -0.15) is 5.10 Å². The number of aryl methyl sites for hydroxylation is 1. The van der Waals surface area contributed by atoms with Crippen LogP contribution in [0.15, 0.2) is 36.4 Å². The molecule has 0 aliphatic heterocycles. The Balaban J connectivity index is 1.75. The molecule has 0 unspecified atom stereocenters. The molecule has 3 rings (SSSR count). The summed E-state index contributed by atoms with van der Waals surface area (Å²) in [6.45, 7) is 6.87. The molecule has 3 nitrogen and oxygen atoms in total. The first-order valence-corrected chi connectivity index (χ1v) is 9.67. The summed E-state index contributed by atoms with van der Waals surface area (Å²) in [4.78, 5) is 0. The molecule has 0 saturated heterocycles. The fourth-order valence-electron chi connectivity index (χ4n) is 3.13. The van der Waals surface area contributed by atoms with E-state index in [1.54, 1.807) is 18.2 Å². The molecule has 0 aliphatic carbocycles. The fourth-order valence-corrected chi connectivity index (χ4v) is 3.65. The largest absolute Gasteiger partial charge is 0.306 e. The van der Waals surface area contributed by atoms with Gasteiger partial charge >= 0.3 is 0 Å². The number of hydrogen-bond donors (Lipinski definition) is 1. The Kier molecular flexibility index (Phi) is 6.38. The summed E-state index contributed by atoms with van der Waals surface area (Å²) in [5, 5.41) is 9.17. The van der Waals surface area contributed by atoms with Crippen LogP contribution in [0.25, 0.3) is 0 Å². The Morgan fingerprint density at radius 1 is 1.04 bits per heavy atom. The van der Waals surface area contributed by atoms with E-state index in [-0.39, 0.29) is 6.04 Å². The van der Waals surface area contributed by atoms with Crippen molar-refractivity contribution in [1.82, 2.24) is 15.1 Å². The van der Waals surface area contributed by atoms with E-state index in [4.69, 9.17) is 23.2 Å². The van der Waals surface area contributed by atoms with Crippen LogP contribution in [0.3, 0.4) is 0 Å². The number of aromatic nitrogens is 2. The second-order valence-electron chi connectivity index (χ2n) is 6.78. The van der Waals surface area contributed by atoms with Crippen LogP contribution >= 0.6 is 23.2 Å². The van der Waals surface area contributed by atoms with Crippen molar-refractivity contribution in [2.24, 2.45) is 0 Å². The summed E-state index contributed by atoms with van der Waals surface area (Å²) in [7, 11) is 0. The first-order chi connectivity index (χ1) is 13.3. The van der Waals surface area contributed by atoms with Gasteiger partial charge in [-0.3, -0.25) is 4.68 Å². The molecule has 1 N–H and O–H groups in total. The van der Waals surface area contributed by atoms with Crippen molar-refractivity contribution in [3.8, 4) is 0 Å². The highest BCUT2D eigenvalue weighted by Gasteiger charge is 2.16. The zero-order valence-electron chi connectivity index (χ0n) is 15.9. The number of benzene rings is 2. The molecule has 148 valence electrons. The first kappa shape index (κ1) is 20.8. The molecule has 0 radical (unpaired) electrons. The van der Waals surface area contributed by atoms with Crippen LogP contribution in [0.4, 0.5) is 8.78 Å². The van der Waals surface area contributed by atoms with E-state index in [9.17, 15) is 8.78 Å². The molecule has 3 aromatic rings. The molecule has 0 bridgehead atoms. The zero-order chi connectivity index (χ0) is 20.4. The van der Waals surface area contributed by atoms with Gasteiger partial charge in [0, 0.05) is 39.5 Å². The van der Waals surface area contributed by atoms with E-state index in [0.29, 0.717) is 28.7 Å². The minimum absolute atomic E-state index is 0.143. The summed E-state index contributed by atoms with van der Waals surface area (Å²) in [6, 6.07) is 9.22. The van der Waals surface area contributed by atoms with Crippen LogP contribution < -0.4 is 5.32 Å². The van der Waals surface area contributed by atoms with E-state index in [1.807, 2.05) is 31.5 Å². The Bertz CT molecular complexity index is 981. The molecule has 0 saturated carbocycles. The Labute approximate surface area is 173 Å². The second kappa shape index (κ2) is 8.60. The maximum absolute atomic E-state index is 13.5. The number of rotatable bonds is 6. The zero-order valence-corrected chi connectivity index (χ0v) is 17.4. The second-order valence-corrected chi connectivity index (χ2v) is 7.60. The molecule has 7 heteroatoms. The van der Waals surface area contributed by atoms with E-state index in [2.05, 4.69) is 10.4 Å². The molecule has 1 aromatic heterocycles. The number of hydrogen-bond acceptors (Lipinski definition) is 2. The molecule has 1 heterocycles. The van der Waals surface area contributed by atoms with E-state index < -0.39 is 11.6 Å². The fraction of sp³-hybridized carbons (Fsp3) is 0.286. The van der Waals surface area contributed by atoms with Crippen LogP contribution in [0.5, 0.6) is 0 Å². The third kappa shape index (κ3) is 4.37. The molecule has 0 spiro atoms. The lowest BCUT2D eigenvalue weighted by molar-refractivity contribution is 0.500. The van der Waals surface area contributed by atoms with Crippen molar-refractivity contribution >= 4 is 23.2 Å². The lowest BCUT2D eigenvalue weighted by Crippen LogP contribution is -2.19. The highest BCUT2D eigenvalue weighted by atomic mass is 35.5. The number of nitrogens with zero attached hydrogens (tertiary/aromatic N) is 2. The predicted octanol–water partition coefficient (Wildman–Crippen LogP) is 5.98. The Morgan fingerprint density at radius 3 is 2.36 bits per heavy atom. The smallest absolute Gasteiger partial charge is 0.159 e. The standard InChI is InChI=1S/C21H21Cl2F2N3/c1-12(15-7-8-20(24)21(25)9-15)26-10-16-13(2)27-28(14(16)3)11-17-18(22)5-4-6-19(17)23/h4-9,12,26H,10-11H2,1-3H3/t12-/m1/s1. The van der Waals surface area contributed by atoms with Crippen LogP contribution in [-0.2, 0) is 13.1 Å². The lowest BCUT2D eigenvalue weighted by Gasteiger charge is -2.15. The van der Waals surface area contributed by atoms with Crippen molar-refractivity contribution in [2.75, 3.05) is 0 Å². The summed E-state index contributed by atoms with van der Waals surface area (Å²) < 4.78 is 28.5. The van der Waals surface area contributed by atoms with Gasteiger partial charge in [0.15, 0.2) is 11.6 Å². The van der Waals surface area contributed by atoms with Gasteiger partial charge in [-0.25, -0.2) is 8.78 Å². The maximum atomic E-state index is 13.5. The average molecular weight is 424 g/mol. The molecule has 0 fully saturated rings. The maximum Gasteiger partial charge on any atom is 0.159 e.